The quantitative estimate of drug-likeness (QED) is 0.917. The molecule has 2 aromatic rings. The molecule has 108 valence electrons. The predicted molar refractivity (Wildman–Crippen MR) is 89.7 cm³/mol. The molecule has 0 unspecified atom stereocenters. The number of rotatable bonds is 2. The number of aliphatic imine (C=N–C) groups is 1. The van der Waals surface area contributed by atoms with E-state index in [1.807, 2.05) is 24.0 Å². The maximum Gasteiger partial charge on any atom is 0.157 e. The third kappa shape index (κ3) is 2.53. The summed E-state index contributed by atoms with van der Waals surface area (Å²) in [5.41, 5.74) is 2.62. The third-order valence-electron chi connectivity index (χ3n) is 4.53. The average molecular weight is 297 g/mol. The van der Waals surface area contributed by atoms with Gasteiger partial charge in [-0.05, 0) is 24.5 Å². The molecule has 0 amide bonds. The van der Waals surface area contributed by atoms with E-state index in [2.05, 4.69) is 34.6 Å². The van der Waals surface area contributed by atoms with Crippen LogP contribution in [-0.4, -0.2) is 21.4 Å². The highest BCUT2D eigenvalue weighted by Crippen LogP contribution is 2.37. The lowest BCUT2D eigenvalue weighted by atomic mass is 10.0. The molecule has 3 nitrogen and oxygen atoms in total. The van der Waals surface area contributed by atoms with Gasteiger partial charge < -0.3 is 5.32 Å². The number of hydrogen-bond donors (Lipinski definition) is 1. The van der Waals surface area contributed by atoms with Gasteiger partial charge in [0.05, 0.1) is 12.1 Å². The minimum Gasteiger partial charge on any atom is -0.359 e. The Morgan fingerprint density at radius 2 is 2.05 bits per heavy atom. The second kappa shape index (κ2) is 5.34. The highest BCUT2D eigenvalue weighted by molar-refractivity contribution is 8.14. The van der Waals surface area contributed by atoms with Crippen molar-refractivity contribution >= 4 is 27.8 Å². The molecule has 1 saturated heterocycles. The number of benzene rings is 1. The number of aromatic nitrogens is 1. The number of pyridine rings is 1. The highest BCUT2D eigenvalue weighted by Gasteiger charge is 2.39. The fourth-order valence-corrected chi connectivity index (χ4v) is 4.58. The Kier molecular flexibility index (Phi) is 3.34. The van der Waals surface area contributed by atoms with E-state index in [9.17, 15) is 0 Å². The average Bonchev–Trinajstić information content (AvgIpc) is 3.15. The van der Waals surface area contributed by atoms with Gasteiger partial charge in [0.1, 0.15) is 0 Å². The monoisotopic (exact) mass is 297 g/mol. The van der Waals surface area contributed by atoms with Crippen LogP contribution in [0.5, 0.6) is 0 Å². The van der Waals surface area contributed by atoms with Crippen molar-refractivity contribution in [1.29, 1.82) is 0 Å². The van der Waals surface area contributed by atoms with Crippen molar-refractivity contribution < 1.29 is 0 Å². The summed E-state index contributed by atoms with van der Waals surface area (Å²) in [4.78, 5) is 9.29. The Hall–Kier alpha value is -1.55. The molecule has 1 aromatic heterocycles. The Bertz CT molecular complexity index is 684. The lowest BCUT2D eigenvalue weighted by Gasteiger charge is -2.21. The van der Waals surface area contributed by atoms with Gasteiger partial charge in [-0.3, -0.25) is 9.98 Å². The van der Waals surface area contributed by atoms with Gasteiger partial charge in [0.2, 0.25) is 0 Å². The van der Waals surface area contributed by atoms with Gasteiger partial charge in [-0.1, -0.05) is 48.9 Å². The van der Waals surface area contributed by atoms with Gasteiger partial charge in [-0.2, -0.15) is 0 Å². The van der Waals surface area contributed by atoms with Crippen LogP contribution in [-0.2, 0) is 6.54 Å². The second-order valence-electron chi connectivity index (χ2n) is 6.01. The summed E-state index contributed by atoms with van der Waals surface area (Å²) < 4.78 is 0. The molecule has 1 saturated carbocycles. The number of nitrogens with one attached hydrogen (secondary N) is 1. The first kappa shape index (κ1) is 13.1. The summed E-state index contributed by atoms with van der Waals surface area (Å²) in [6.07, 6.45) is 7.17. The molecule has 0 bridgehead atoms. The van der Waals surface area contributed by atoms with Gasteiger partial charge in [-0.15, -0.1) is 0 Å². The maximum atomic E-state index is 4.79. The van der Waals surface area contributed by atoms with Crippen LogP contribution in [0.15, 0.2) is 41.5 Å². The smallest absolute Gasteiger partial charge is 0.157 e. The van der Waals surface area contributed by atoms with Crippen LogP contribution in [0.25, 0.3) is 10.9 Å². The largest absolute Gasteiger partial charge is 0.359 e. The molecule has 4 rings (SSSR count). The molecule has 2 fully saturated rings. The fourth-order valence-electron chi connectivity index (χ4n) is 3.36. The van der Waals surface area contributed by atoms with Crippen LogP contribution in [0, 0.1) is 0 Å². The fraction of sp³-hybridized carbons (Fsp3) is 0.412. The van der Waals surface area contributed by atoms with Crippen molar-refractivity contribution in [2.24, 2.45) is 4.99 Å². The maximum absolute atomic E-state index is 4.79. The van der Waals surface area contributed by atoms with Gasteiger partial charge in [0.15, 0.2) is 5.17 Å². The first-order chi connectivity index (χ1) is 10.3. The number of thioether (sulfide) groups is 1. The molecule has 1 aliphatic heterocycles. The Morgan fingerprint density at radius 1 is 1.19 bits per heavy atom. The van der Waals surface area contributed by atoms with Gasteiger partial charge in [-0.25, -0.2) is 0 Å². The van der Waals surface area contributed by atoms with Crippen LogP contribution in [0.4, 0.5) is 0 Å². The SMILES string of the molecule is c1cnc2c(CN=C3NC4(CCCC4)CS3)cccc2c1. The number of amidine groups is 1. The number of nitrogens with zero attached hydrogens (tertiary/aromatic N) is 2. The highest BCUT2D eigenvalue weighted by atomic mass is 32.2. The molecule has 2 heterocycles. The Labute approximate surface area is 129 Å². The summed E-state index contributed by atoms with van der Waals surface area (Å²) in [5.74, 6) is 1.18. The molecule has 2 aliphatic rings. The molecule has 1 aromatic carbocycles. The third-order valence-corrected chi connectivity index (χ3v) is 5.73. The van der Waals surface area contributed by atoms with Crippen molar-refractivity contribution in [3.8, 4) is 0 Å². The van der Waals surface area contributed by atoms with E-state index in [1.165, 1.54) is 42.4 Å². The van der Waals surface area contributed by atoms with Crippen molar-refractivity contribution in [1.82, 2.24) is 10.3 Å². The molecular formula is C17H19N3S. The van der Waals surface area contributed by atoms with Gasteiger partial charge in [0, 0.05) is 22.9 Å². The molecule has 0 radical (unpaired) electrons. The summed E-state index contributed by atoms with van der Waals surface area (Å²) in [6.45, 7) is 0.708. The van der Waals surface area contributed by atoms with Crippen molar-refractivity contribution in [2.45, 2.75) is 37.8 Å². The van der Waals surface area contributed by atoms with Gasteiger partial charge in [0.25, 0.3) is 0 Å². The number of fused-ring (bicyclic) bond motifs is 1. The Balaban J connectivity index is 1.55. The summed E-state index contributed by atoms with van der Waals surface area (Å²) in [6, 6.07) is 10.4. The molecule has 1 N–H and O–H groups in total. The van der Waals surface area contributed by atoms with Gasteiger partial charge >= 0.3 is 0 Å². The van der Waals surface area contributed by atoms with Crippen LogP contribution in [0.3, 0.4) is 0 Å². The summed E-state index contributed by atoms with van der Waals surface area (Å²) in [5, 5.41) is 5.98. The predicted octanol–water partition coefficient (Wildman–Crippen LogP) is 3.74. The van der Waals surface area contributed by atoms with Crippen LogP contribution >= 0.6 is 11.8 Å². The van der Waals surface area contributed by atoms with E-state index in [1.54, 1.807) is 0 Å². The first-order valence-electron chi connectivity index (χ1n) is 7.63. The molecule has 0 atom stereocenters. The molecular weight excluding hydrogens is 278 g/mol. The molecule has 21 heavy (non-hydrogen) atoms. The molecule has 4 heteroatoms. The summed E-state index contributed by atoms with van der Waals surface area (Å²) >= 11 is 1.88. The van der Waals surface area contributed by atoms with Crippen LogP contribution in [0.1, 0.15) is 31.2 Å². The van der Waals surface area contributed by atoms with Crippen LogP contribution < -0.4 is 5.32 Å². The number of para-hydroxylation sites is 1. The molecule has 1 aliphatic carbocycles. The zero-order chi connectivity index (χ0) is 14.1. The van der Waals surface area contributed by atoms with E-state index in [0.29, 0.717) is 12.1 Å². The van der Waals surface area contributed by atoms with Crippen molar-refractivity contribution in [3.63, 3.8) is 0 Å². The van der Waals surface area contributed by atoms with Crippen molar-refractivity contribution in [2.75, 3.05) is 5.75 Å². The standard InChI is InChI=1S/C17H19N3S/c1-2-9-17(8-1)12-21-16(20-17)19-11-14-6-3-5-13-7-4-10-18-15(13)14/h3-7,10H,1-2,8-9,11-12H2,(H,19,20). The van der Waals surface area contributed by atoms with E-state index < -0.39 is 0 Å². The second-order valence-corrected chi connectivity index (χ2v) is 6.98. The Morgan fingerprint density at radius 3 is 2.95 bits per heavy atom. The number of hydrogen-bond acceptors (Lipinski definition) is 3. The van der Waals surface area contributed by atoms with Crippen LogP contribution in [0.2, 0.25) is 0 Å². The lowest BCUT2D eigenvalue weighted by molar-refractivity contribution is 0.452. The summed E-state index contributed by atoms with van der Waals surface area (Å²) in [7, 11) is 0. The minimum absolute atomic E-state index is 0.348. The van der Waals surface area contributed by atoms with E-state index in [4.69, 9.17) is 4.99 Å². The van der Waals surface area contributed by atoms with E-state index in [0.717, 1.165) is 10.7 Å². The van der Waals surface area contributed by atoms with E-state index in [-0.39, 0.29) is 0 Å². The lowest BCUT2D eigenvalue weighted by Crippen LogP contribution is -2.40. The normalized spacial score (nSPS) is 22.2. The zero-order valence-electron chi connectivity index (χ0n) is 12.0. The minimum atomic E-state index is 0.348. The topological polar surface area (TPSA) is 37.3 Å². The zero-order valence-corrected chi connectivity index (χ0v) is 12.8. The first-order valence-corrected chi connectivity index (χ1v) is 8.61. The van der Waals surface area contributed by atoms with Crippen molar-refractivity contribution in [3.05, 3.63) is 42.1 Å². The molecule has 1 spiro atoms. The van der Waals surface area contributed by atoms with E-state index >= 15 is 0 Å².